The van der Waals surface area contributed by atoms with Crippen LogP contribution in [0.4, 0.5) is 11.4 Å². The minimum Gasteiger partial charge on any atom is -0.356 e. The molecule has 0 spiro atoms. The maximum Gasteiger partial charge on any atom is 0.0691 e. The molecule has 3 aromatic rings. The fourth-order valence-corrected chi connectivity index (χ4v) is 3.06. The van der Waals surface area contributed by atoms with E-state index in [0.717, 1.165) is 33.5 Å². The first-order chi connectivity index (χ1) is 11.5. The van der Waals surface area contributed by atoms with Gasteiger partial charge < -0.3 is 5.32 Å². The SMILES string of the molecule is CC(C)(C)c1ccc(Nc2cccc(-c3[nH]ncc3CBr)c2)cc1. The van der Waals surface area contributed by atoms with Crippen molar-refractivity contribution in [2.45, 2.75) is 31.5 Å². The molecular formula is C20H22BrN3. The van der Waals surface area contributed by atoms with Gasteiger partial charge >= 0.3 is 0 Å². The predicted molar refractivity (Wildman–Crippen MR) is 105 cm³/mol. The molecule has 0 amide bonds. The maximum absolute atomic E-state index is 4.14. The van der Waals surface area contributed by atoms with Crippen molar-refractivity contribution in [1.29, 1.82) is 0 Å². The van der Waals surface area contributed by atoms with Crippen LogP contribution in [-0.4, -0.2) is 10.2 Å². The number of hydrogen-bond acceptors (Lipinski definition) is 2. The molecule has 0 fully saturated rings. The summed E-state index contributed by atoms with van der Waals surface area (Å²) in [5.74, 6) is 0. The van der Waals surface area contributed by atoms with Gasteiger partial charge in [-0.05, 0) is 35.2 Å². The van der Waals surface area contributed by atoms with E-state index in [-0.39, 0.29) is 5.41 Å². The molecule has 2 N–H and O–H groups in total. The predicted octanol–water partition coefficient (Wildman–Crippen LogP) is 6.01. The van der Waals surface area contributed by atoms with Crippen LogP contribution < -0.4 is 5.32 Å². The summed E-state index contributed by atoms with van der Waals surface area (Å²) in [5.41, 5.74) is 6.99. The second kappa shape index (κ2) is 6.81. The Balaban J connectivity index is 1.82. The summed E-state index contributed by atoms with van der Waals surface area (Å²) in [6.45, 7) is 6.68. The van der Waals surface area contributed by atoms with Gasteiger partial charge in [-0.25, -0.2) is 0 Å². The largest absolute Gasteiger partial charge is 0.356 e. The summed E-state index contributed by atoms with van der Waals surface area (Å²) in [5, 5.41) is 11.5. The molecule has 0 unspecified atom stereocenters. The molecule has 0 atom stereocenters. The first-order valence-electron chi connectivity index (χ1n) is 8.03. The molecule has 1 aromatic heterocycles. The number of aromatic amines is 1. The van der Waals surface area contributed by atoms with E-state index in [1.165, 1.54) is 5.56 Å². The van der Waals surface area contributed by atoms with Crippen molar-refractivity contribution >= 4 is 27.3 Å². The Kier molecular flexibility index (Phi) is 4.76. The van der Waals surface area contributed by atoms with E-state index in [4.69, 9.17) is 0 Å². The molecule has 2 aromatic carbocycles. The highest BCUT2D eigenvalue weighted by molar-refractivity contribution is 9.08. The smallest absolute Gasteiger partial charge is 0.0691 e. The molecule has 0 aliphatic carbocycles. The minimum absolute atomic E-state index is 0.172. The van der Waals surface area contributed by atoms with Gasteiger partial charge in [-0.1, -0.05) is 61.0 Å². The van der Waals surface area contributed by atoms with Crippen molar-refractivity contribution in [2.75, 3.05) is 5.32 Å². The number of halogens is 1. The van der Waals surface area contributed by atoms with Crippen molar-refractivity contribution in [3.05, 3.63) is 65.9 Å². The van der Waals surface area contributed by atoms with E-state index in [1.54, 1.807) is 0 Å². The van der Waals surface area contributed by atoms with Crippen molar-refractivity contribution in [3.8, 4) is 11.3 Å². The number of nitrogens with one attached hydrogen (secondary N) is 2. The Hall–Kier alpha value is -2.07. The number of anilines is 2. The van der Waals surface area contributed by atoms with Crippen LogP contribution in [0.5, 0.6) is 0 Å². The van der Waals surface area contributed by atoms with Crippen LogP contribution in [0.15, 0.2) is 54.7 Å². The summed E-state index contributed by atoms with van der Waals surface area (Å²) < 4.78 is 0. The molecule has 4 heteroatoms. The lowest BCUT2D eigenvalue weighted by molar-refractivity contribution is 0.590. The Morgan fingerprint density at radius 1 is 1.04 bits per heavy atom. The van der Waals surface area contributed by atoms with Gasteiger partial charge in [0.1, 0.15) is 0 Å². The van der Waals surface area contributed by atoms with Crippen LogP contribution in [0.1, 0.15) is 31.9 Å². The Morgan fingerprint density at radius 3 is 2.46 bits per heavy atom. The van der Waals surface area contributed by atoms with Crippen molar-refractivity contribution < 1.29 is 0 Å². The van der Waals surface area contributed by atoms with Gasteiger partial charge in [0.15, 0.2) is 0 Å². The molecular weight excluding hydrogens is 362 g/mol. The fourth-order valence-electron chi connectivity index (χ4n) is 2.64. The lowest BCUT2D eigenvalue weighted by atomic mass is 9.87. The van der Waals surface area contributed by atoms with E-state index in [2.05, 4.69) is 101 Å². The third-order valence-corrected chi connectivity index (χ3v) is 4.66. The molecule has 3 nitrogen and oxygen atoms in total. The van der Waals surface area contributed by atoms with Crippen molar-refractivity contribution in [3.63, 3.8) is 0 Å². The lowest BCUT2D eigenvalue weighted by Gasteiger charge is -2.19. The second-order valence-corrected chi connectivity index (χ2v) is 7.50. The van der Waals surface area contributed by atoms with Gasteiger partial charge in [0, 0.05) is 27.8 Å². The van der Waals surface area contributed by atoms with Crippen LogP contribution in [0.2, 0.25) is 0 Å². The average molecular weight is 384 g/mol. The van der Waals surface area contributed by atoms with Crippen molar-refractivity contribution in [1.82, 2.24) is 10.2 Å². The second-order valence-electron chi connectivity index (χ2n) is 6.94. The topological polar surface area (TPSA) is 40.7 Å². The quantitative estimate of drug-likeness (QED) is 0.541. The number of benzene rings is 2. The molecule has 0 saturated heterocycles. The van der Waals surface area contributed by atoms with Gasteiger partial charge in [0.2, 0.25) is 0 Å². The Morgan fingerprint density at radius 2 is 1.79 bits per heavy atom. The lowest BCUT2D eigenvalue weighted by Crippen LogP contribution is -2.10. The molecule has 0 aliphatic rings. The number of nitrogens with zero attached hydrogens (tertiary/aromatic N) is 1. The number of aromatic nitrogens is 2. The molecule has 124 valence electrons. The fraction of sp³-hybridized carbons (Fsp3) is 0.250. The minimum atomic E-state index is 0.172. The number of alkyl halides is 1. The normalized spacial score (nSPS) is 11.5. The monoisotopic (exact) mass is 383 g/mol. The zero-order chi connectivity index (χ0) is 17.2. The summed E-state index contributed by atoms with van der Waals surface area (Å²) in [6, 6.07) is 17.0. The van der Waals surface area contributed by atoms with Gasteiger partial charge in [0.25, 0.3) is 0 Å². The Bertz CT molecular complexity index is 813. The number of hydrogen-bond donors (Lipinski definition) is 2. The van der Waals surface area contributed by atoms with Crippen LogP contribution >= 0.6 is 15.9 Å². The molecule has 0 radical (unpaired) electrons. The summed E-state index contributed by atoms with van der Waals surface area (Å²) in [6.07, 6.45) is 1.86. The van der Waals surface area contributed by atoms with E-state index in [1.807, 2.05) is 6.20 Å². The van der Waals surface area contributed by atoms with Gasteiger partial charge in [0.05, 0.1) is 11.9 Å². The van der Waals surface area contributed by atoms with Crippen LogP contribution in [0.3, 0.4) is 0 Å². The third-order valence-electron chi connectivity index (χ3n) is 4.05. The molecule has 3 rings (SSSR count). The van der Waals surface area contributed by atoms with Crippen LogP contribution in [-0.2, 0) is 10.7 Å². The highest BCUT2D eigenvalue weighted by Gasteiger charge is 2.13. The third kappa shape index (κ3) is 3.70. The number of rotatable bonds is 4. The maximum atomic E-state index is 4.14. The summed E-state index contributed by atoms with van der Waals surface area (Å²) in [4.78, 5) is 0. The van der Waals surface area contributed by atoms with Crippen molar-refractivity contribution in [2.24, 2.45) is 0 Å². The van der Waals surface area contributed by atoms with Crippen LogP contribution in [0.25, 0.3) is 11.3 Å². The Labute approximate surface area is 151 Å². The van der Waals surface area contributed by atoms with Gasteiger partial charge in [-0.2, -0.15) is 5.10 Å². The molecule has 0 bridgehead atoms. The molecule has 0 aliphatic heterocycles. The zero-order valence-electron chi connectivity index (χ0n) is 14.2. The highest BCUT2D eigenvalue weighted by atomic mass is 79.9. The molecule has 0 saturated carbocycles. The molecule has 24 heavy (non-hydrogen) atoms. The number of H-pyrrole nitrogens is 1. The van der Waals surface area contributed by atoms with Gasteiger partial charge in [-0.15, -0.1) is 0 Å². The van der Waals surface area contributed by atoms with E-state index in [0.29, 0.717) is 0 Å². The highest BCUT2D eigenvalue weighted by Crippen LogP contribution is 2.28. The zero-order valence-corrected chi connectivity index (χ0v) is 15.8. The standard InChI is InChI=1S/C20H22BrN3/c1-20(2,3)16-7-9-17(10-8-16)23-18-6-4-5-14(11-18)19-15(12-21)13-22-24-19/h4-11,13,23H,12H2,1-3H3,(H,22,24). The summed E-state index contributed by atoms with van der Waals surface area (Å²) in [7, 11) is 0. The first kappa shape index (κ1) is 16.8. The van der Waals surface area contributed by atoms with E-state index < -0.39 is 0 Å². The average Bonchev–Trinajstić information content (AvgIpc) is 3.03. The van der Waals surface area contributed by atoms with Gasteiger partial charge in [-0.3, -0.25) is 5.10 Å². The van der Waals surface area contributed by atoms with Crippen LogP contribution in [0, 0.1) is 0 Å². The summed E-state index contributed by atoms with van der Waals surface area (Å²) >= 11 is 3.50. The first-order valence-corrected chi connectivity index (χ1v) is 9.16. The molecule has 1 heterocycles. The van der Waals surface area contributed by atoms with E-state index in [9.17, 15) is 0 Å². The van der Waals surface area contributed by atoms with E-state index >= 15 is 0 Å².